The second kappa shape index (κ2) is 6.75. The Morgan fingerprint density at radius 3 is 2.83 bits per heavy atom. The number of rotatable bonds is 7. The molecule has 0 spiro atoms. The Morgan fingerprint density at radius 2 is 2.28 bits per heavy atom. The predicted octanol–water partition coefficient (Wildman–Crippen LogP) is 0.695. The van der Waals surface area contributed by atoms with Gasteiger partial charge in [-0.1, -0.05) is 0 Å². The van der Waals surface area contributed by atoms with E-state index >= 15 is 0 Å². The first-order chi connectivity index (χ1) is 8.56. The van der Waals surface area contributed by atoms with E-state index in [2.05, 4.69) is 15.3 Å². The van der Waals surface area contributed by atoms with Crippen molar-refractivity contribution in [2.24, 2.45) is 0 Å². The van der Waals surface area contributed by atoms with Crippen LogP contribution in [0.1, 0.15) is 12.7 Å². The number of hydrogen-bond acceptors (Lipinski definition) is 6. The Labute approximate surface area is 105 Å². The number of aromatic nitrogens is 2. The van der Waals surface area contributed by atoms with E-state index < -0.39 is 12.0 Å². The highest BCUT2D eigenvalue weighted by molar-refractivity contribution is 5.77. The van der Waals surface area contributed by atoms with Crippen LogP contribution in [0.3, 0.4) is 0 Å². The van der Waals surface area contributed by atoms with Gasteiger partial charge in [0.2, 0.25) is 5.88 Å². The lowest BCUT2D eigenvalue weighted by molar-refractivity contribution is -0.139. The van der Waals surface area contributed by atoms with Crippen molar-refractivity contribution in [3.63, 3.8) is 0 Å². The van der Waals surface area contributed by atoms with Crippen LogP contribution in [0.2, 0.25) is 0 Å². The highest BCUT2D eigenvalue weighted by atomic mass is 16.5. The molecule has 0 aliphatic carbocycles. The van der Waals surface area contributed by atoms with Gasteiger partial charge in [0, 0.05) is 13.2 Å². The van der Waals surface area contributed by atoms with Crippen molar-refractivity contribution in [1.82, 2.24) is 9.97 Å². The zero-order valence-corrected chi connectivity index (χ0v) is 10.6. The number of carboxylic acid groups (broad SMARTS) is 1. The van der Waals surface area contributed by atoms with Gasteiger partial charge in [0.25, 0.3) is 0 Å². The highest BCUT2D eigenvalue weighted by Gasteiger charge is 2.18. The first-order valence-electron chi connectivity index (χ1n) is 5.53. The van der Waals surface area contributed by atoms with Crippen molar-refractivity contribution in [3.05, 3.63) is 11.9 Å². The number of aliphatic carboxylic acids is 1. The zero-order valence-electron chi connectivity index (χ0n) is 10.6. The third-order valence-corrected chi connectivity index (χ3v) is 2.06. The van der Waals surface area contributed by atoms with Crippen LogP contribution in [0.15, 0.2) is 6.07 Å². The van der Waals surface area contributed by atoms with Crippen LogP contribution in [0.25, 0.3) is 0 Å². The molecule has 100 valence electrons. The topological polar surface area (TPSA) is 93.6 Å². The van der Waals surface area contributed by atoms with Crippen LogP contribution in [0.5, 0.6) is 5.88 Å². The summed E-state index contributed by atoms with van der Waals surface area (Å²) in [6.45, 7) is 4.08. The third kappa shape index (κ3) is 4.17. The van der Waals surface area contributed by atoms with Crippen molar-refractivity contribution >= 4 is 11.8 Å². The minimum Gasteiger partial charge on any atom is -0.480 e. The van der Waals surface area contributed by atoms with Crippen LogP contribution < -0.4 is 10.1 Å². The number of nitrogens with one attached hydrogen (secondary N) is 1. The molecule has 1 heterocycles. The number of ether oxygens (including phenoxy) is 2. The summed E-state index contributed by atoms with van der Waals surface area (Å²) in [5.41, 5.74) is 0. The minimum absolute atomic E-state index is 0.0440. The minimum atomic E-state index is -1.01. The number of carboxylic acids is 1. The molecule has 2 N–H and O–H groups in total. The fourth-order valence-corrected chi connectivity index (χ4v) is 1.36. The van der Waals surface area contributed by atoms with Gasteiger partial charge in [-0.05, 0) is 13.8 Å². The Morgan fingerprint density at radius 1 is 1.56 bits per heavy atom. The Balaban J connectivity index is 2.84. The molecule has 0 aliphatic heterocycles. The molecule has 18 heavy (non-hydrogen) atoms. The van der Waals surface area contributed by atoms with Crippen LogP contribution in [0, 0.1) is 6.92 Å². The zero-order chi connectivity index (χ0) is 13.5. The Bertz CT molecular complexity index is 411. The van der Waals surface area contributed by atoms with Crippen molar-refractivity contribution in [3.8, 4) is 5.88 Å². The SMILES string of the molecule is CCOc1cc(NC(COC)C(=O)O)nc(C)n1. The van der Waals surface area contributed by atoms with E-state index in [0.717, 1.165) is 0 Å². The van der Waals surface area contributed by atoms with E-state index in [1.54, 1.807) is 13.0 Å². The molecular formula is C11H17N3O4. The first-order valence-corrected chi connectivity index (χ1v) is 5.53. The molecule has 0 aliphatic rings. The van der Waals surface area contributed by atoms with E-state index in [9.17, 15) is 4.79 Å². The summed E-state index contributed by atoms with van der Waals surface area (Å²) >= 11 is 0. The standard InChI is InChI=1S/C11H17N3O4/c1-4-18-10-5-9(12-7(2)13-10)14-8(6-17-3)11(15)16/h5,8H,4,6H2,1-3H3,(H,15,16)(H,12,13,14). The molecule has 1 atom stereocenters. The molecule has 0 fully saturated rings. The van der Waals surface area contributed by atoms with Gasteiger partial charge in [0.1, 0.15) is 17.7 Å². The number of nitrogens with zero attached hydrogens (tertiary/aromatic N) is 2. The second-order valence-electron chi connectivity index (χ2n) is 3.56. The lowest BCUT2D eigenvalue weighted by Crippen LogP contribution is -2.34. The lowest BCUT2D eigenvalue weighted by atomic mass is 10.3. The Hall–Kier alpha value is -1.89. The van der Waals surface area contributed by atoms with Gasteiger partial charge in [-0.3, -0.25) is 0 Å². The van der Waals surface area contributed by atoms with Crippen molar-refractivity contribution < 1.29 is 19.4 Å². The van der Waals surface area contributed by atoms with E-state index in [1.165, 1.54) is 7.11 Å². The van der Waals surface area contributed by atoms with Gasteiger partial charge < -0.3 is 19.9 Å². The molecule has 7 nitrogen and oxygen atoms in total. The molecule has 1 aromatic heterocycles. The van der Waals surface area contributed by atoms with Gasteiger partial charge in [-0.25, -0.2) is 9.78 Å². The molecule has 0 aromatic carbocycles. The molecule has 0 amide bonds. The summed E-state index contributed by atoms with van der Waals surface area (Å²) in [7, 11) is 1.44. The molecule has 0 saturated carbocycles. The van der Waals surface area contributed by atoms with Gasteiger partial charge in [0.05, 0.1) is 13.2 Å². The van der Waals surface area contributed by atoms with E-state index in [-0.39, 0.29) is 6.61 Å². The average molecular weight is 255 g/mol. The molecule has 0 bridgehead atoms. The monoisotopic (exact) mass is 255 g/mol. The van der Waals surface area contributed by atoms with E-state index in [4.69, 9.17) is 14.6 Å². The van der Waals surface area contributed by atoms with E-state index in [0.29, 0.717) is 24.1 Å². The number of methoxy groups -OCH3 is 1. The molecule has 1 rings (SSSR count). The average Bonchev–Trinajstić information content (AvgIpc) is 2.28. The fraction of sp³-hybridized carbons (Fsp3) is 0.545. The predicted molar refractivity (Wildman–Crippen MR) is 64.9 cm³/mol. The number of hydrogen-bond donors (Lipinski definition) is 2. The van der Waals surface area contributed by atoms with Crippen LogP contribution >= 0.6 is 0 Å². The maximum Gasteiger partial charge on any atom is 0.328 e. The van der Waals surface area contributed by atoms with Crippen molar-refractivity contribution in [2.75, 3.05) is 25.6 Å². The lowest BCUT2D eigenvalue weighted by Gasteiger charge is -2.14. The summed E-state index contributed by atoms with van der Waals surface area (Å²) in [5, 5.41) is 11.8. The molecule has 7 heteroatoms. The second-order valence-corrected chi connectivity index (χ2v) is 3.56. The summed E-state index contributed by atoms with van der Waals surface area (Å²) in [6, 6.07) is 0.695. The number of aryl methyl sites for hydroxylation is 1. The third-order valence-electron chi connectivity index (χ3n) is 2.06. The van der Waals surface area contributed by atoms with Gasteiger partial charge in [-0.2, -0.15) is 4.98 Å². The molecule has 0 radical (unpaired) electrons. The fourth-order valence-electron chi connectivity index (χ4n) is 1.36. The Kier molecular flexibility index (Phi) is 5.31. The van der Waals surface area contributed by atoms with Gasteiger partial charge in [0.15, 0.2) is 0 Å². The van der Waals surface area contributed by atoms with Crippen LogP contribution in [-0.2, 0) is 9.53 Å². The van der Waals surface area contributed by atoms with Crippen molar-refractivity contribution in [2.45, 2.75) is 19.9 Å². The maximum atomic E-state index is 11.0. The molecule has 1 aromatic rings. The largest absolute Gasteiger partial charge is 0.480 e. The summed E-state index contributed by atoms with van der Waals surface area (Å²) < 4.78 is 10.1. The smallest absolute Gasteiger partial charge is 0.328 e. The molecule has 0 saturated heterocycles. The first kappa shape index (κ1) is 14.2. The summed E-state index contributed by atoms with van der Waals surface area (Å²) in [4.78, 5) is 19.1. The highest BCUT2D eigenvalue weighted by Crippen LogP contribution is 2.14. The van der Waals surface area contributed by atoms with Gasteiger partial charge >= 0.3 is 5.97 Å². The maximum absolute atomic E-state index is 11.0. The normalized spacial score (nSPS) is 11.9. The molecular weight excluding hydrogens is 238 g/mol. The number of carbonyl (C=O) groups is 1. The summed E-state index contributed by atoms with van der Waals surface area (Å²) in [5.74, 6) is 0.306. The van der Waals surface area contributed by atoms with Crippen LogP contribution in [-0.4, -0.2) is 47.4 Å². The van der Waals surface area contributed by atoms with E-state index in [1.807, 2.05) is 6.92 Å². The van der Waals surface area contributed by atoms with Crippen molar-refractivity contribution in [1.29, 1.82) is 0 Å². The quantitative estimate of drug-likeness (QED) is 0.740. The number of anilines is 1. The van der Waals surface area contributed by atoms with Crippen LogP contribution in [0.4, 0.5) is 5.82 Å². The van der Waals surface area contributed by atoms with Gasteiger partial charge in [-0.15, -0.1) is 0 Å². The summed E-state index contributed by atoms with van der Waals surface area (Å²) in [6.07, 6.45) is 0. The molecule has 1 unspecified atom stereocenters.